The maximum atomic E-state index is 5.28. The average molecular weight is 263 g/mol. The summed E-state index contributed by atoms with van der Waals surface area (Å²) in [5.41, 5.74) is 5.09. The molecule has 5 nitrogen and oxygen atoms in total. The highest BCUT2D eigenvalue weighted by Crippen LogP contribution is 2.16. The first-order valence-electron chi connectivity index (χ1n) is 5.70. The number of aryl methyl sites for hydroxylation is 1. The second-order valence-corrected chi connectivity index (χ2v) is 5.37. The Labute approximate surface area is 111 Å². The summed E-state index contributed by atoms with van der Waals surface area (Å²) < 4.78 is 0. The van der Waals surface area contributed by atoms with E-state index in [9.17, 15) is 0 Å². The van der Waals surface area contributed by atoms with Gasteiger partial charge in [0, 0.05) is 6.54 Å². The van der Waals surface area contributed by atoms with Gasteiger partial charge in [0.2, 0.25) is 5.13 Å². The molecule has 96 valence electrons. The first-order chi connectivity index (χ1) is 8.67. The van der Waals surface area contributed by atoms with Gasteiger partial charge in [-0.05, 0) is 19.5 Å². The van der Waals surface area contributed by atoms with Crippen molar-refractivity contribution in [2.45, 2.75) is 20.0 Å². The van der Waals surface area contributed by atoms with Gasteiger partial charge in [0.05, 0.1) is 6.54 Å². The Hall–Kier alpha value is -1.50. The van der Waals surface area contributed by atoms with Crippen molar-refractivity contribution < 1.29 is 0 Å². The third-order valence-electron chi connectivity index (χ3n) is 2.53. The molecule has 0 spiro atoms. The van der Waals surface area contributed by atoms with E-state index in [2.05, 4.69) is 58.8 Å². The first kappa shape index (κ1) is 12.9. The van der Waals surface area contributed by atoms with Crippen LogP contribution in [0.2, 0.25) is 0 Å². The fraction of sp³-hybridized carbons (Fsp3) is 0.333. The fourth-order valence-electron chi connectivity index (χ4n) is 1.78. The molecule has 0 aliphatic heterocycles. The standard InChI is InChI=1S/C12H17N5S/c1-9-4-3-5-10(6-9)7-17(2)8-11-15-16-12(14-13)18-11/h3-6H,7-8,13H2,1-2H3,(H,14,16). The molecule has 0 aliphatic carbocycles. The SMILES string of the molecule is Cc1cccc(CN(C)Cc2nnc(NN)s2)c1. The van der Waals surface area contributed by atoms with Crippen molar-refractivity contribution in [1.29, 1.82) is 0 Å². The van der Waals surface area contributed by atoms with Crippen LogP contribution in [0.4, 0.5) is 5.13 Å². The number of rotatable bonds is 5. The molecule has 18 heavy (non-hydrogen) atoms. The molecule has 0 fully saturated rings. The van der Waals surface area contributed by atoms with Crippen molar-refractivity contribution in [3.05, 3.63) is 40.4 Å². The van der Waals surface area contributed by atoms with Crippen LogP contribution in [0.5, 0.6) is 0 Å². The van der Waals surface area contributed by atoms with Crippen LogP contribution in [0.1, 0.15) is 16.1 Å². The van der Waals surface area contributed by atoms with Crippen molar-refractivity contribution in [3.63, 3.8) is 0 Å². The van der Waals surface area contributed by atoms with Gasteiger partial charge in [0.25, 0.3) is 0 Å². The van der Waals surface area contributed by atoms with Gasteiger partial charge < -0.3 is 0 Å². The Morgan fingerprint density at radius 2 is 2.17 bits per heavy atom. The summed E-state index contributed by atoms with van der Waals surface area (Å²) in [6, 6.07) is 8.52. The van der Waals surface area contributed by atoms with Gasteiger partial charge in [-0.1, -0.05) is 41.2 Å². The van der Waals surface area contributed by atoms with E-state index in [1.54, 1.807) is 0 Å². The Balaban J connectivity index is 1.94. The highest BCUT2D eigenvalue weighted by atomic mass is 32.1. The lowest BCUT2D eigenvalue weighted by molar-refractivity contribution is 0.317. The number of nitrogen functional groups attached to an aromatic ring is 1. The Morgan fingerprint density at radius 1 is 1.33 bits per heavy atom. The second kappa shape index (κ2) is 5.90. The number of anilines is 1. The van der Waals surface area contributed by atoms with Crippen LogP contribution >= 0.6 is 11.3 Å². The van der Waals surface area contributed by atoms with Crippen LogP contribution in [0.25, 0.3) is 0 Å². The molecule has 2 rings (SSSR count). The van der Waals surface area contributed by atoms with Crippen molar-refractivity contribution >= 4 is 16.5 Å². The van der Waals surface area contributed by atoms with Gasteiger partial charge >= 0.3 is 0 Å². The molecule has 3 N–H and O–H groups in total. The van der Waals surface area contributed by atoms with Gasteiger partial charge in [0.1, 0.15) is 5.01 Å². The molecule has 0 atom stereocenters. The van der Waals surface area contributed by atoms with Crippen molar-refractivity contribution in [3.8, 4) is 0 Å². The van der Waals surface area contributed by atoms with Crippen molar-refractivity contribution in [1.82, 2.24) is 15.1 Å². The summed E-state index contributed by atoms with van der Waals surface area (Å²) in [4.78, 5) is 2.20. The lowest BCUT2D eigenvalue weighted by Crippen LogP contribution is -2.17. The van der Waals surface area contributed by atoms with E-state index in [1.807, 2.05) is 0 Å². The van der Waals surface area contributed by atoms with Crippen molar-refractivity contribution in [2.24, 2.45) is 5.84 Å². The highest BCUT2D eigenvalue weighted by molar-refractivity contribution is 7.15. The molecule has 6 heteroatoms. The molecule has 0 amide bonds. The number of aromatic nitrogens is 2. The molecule has 0 saturated carbocycles. The van der Waals surface area contributed by atoms with Crippen LogP contribution in [0.15, 0.2) is 24.3 Å². The van der Waals surface area contributed by atoms with Gasteiger partial charge in [-0.2, -0.15) is 0 Å². The molecule has 2 aromatic rings. The lowest BCUT2D eigenvalue weighted by atomic mass is 10.1. The second-order valence-electron chi connectivity index (χ2n) is 4.31. The number of nitrogens with one attached hydrogen (secondary N) is 1. The van der Waals surface area contributed by atoms with Gasteiger partial charge in [-0.3, -0.25) is 10.3 Å². The molecule has 1 heterocycles. The zero-order valence-electron chi connectivity index (χ0n) is 10.6. The third-order valence-corrected chi connectivity index (χ3v) is 3.37. The average Bonchev–Trinajstić information content (AvgIpc) is 2.76. The van der Waals surface area contributed by atoms with E-state index in [0.717, 1.165) is 18.1 Å². The molecular formula is C12H17N5S. The number of nitrogens with zero attached hydrogens (tertiary/aromatic N) is 3. The van der Waals surface area contributed by atoms with Gasteiger partial charge in [-0.15, -0.1) is 10.2 Å². The summed E-state index contributed by atoms with van der Waals surface area (Å²) in [6.07, 6.45) is 0. The summed E-state index contributed by atoms with van der Waals surface area (Å²) in [7, 11) is 2.07. The largest absolute Gasteiger partial charge is 0.298 e. The number of hydrazine groups is 1. The Morgan fingerprint density at radius 3 is 2.83 bits per heavy atom. The van der Waals surface area contributed by atoms with E-state index >= 15 is 0 Å². The zero-order chi connectivity index (χ0) is 13.0. The minimum atomic E-state index is 0.647. The quantitative estimate of drug-likeness (QED) is 0.635. The lowest BCUT2D eigenvalue weighted by Gasteiger charge is -2.14. The normalized spacial score (nSPS) is 10.9. The number of hydrogen-bond donors (Lipinski definition) is 2. The molecule has 0 unspecified atom stereocenters. The molecule has 1 aromatic carbocycles. The van der Waals surface area contributed by atoms with E-state index < -0.39 is 0 Å². The Bertz CT molecular complexity index is 511. The molecular weight excluding hydrogens is 246 g/mol. The van der Waals surface area contributed by atoms with Crippen LogP contribution in [0, 0.1) is 6.92 Å². The molecule has 0 bridgehead atoms. The maximum absolute atomic E-state index is 5.28. The summed E-state index contributed by atoms with van der Waals surface area (Å²) >= 11 is 1.47. The van der Waals surface area contributed by atoms with E-state index in [0.29, 0.717) is 5.13 Å². The number of nitrogens with two attached hydrogens (primary N) is 1. The summed E-state index contributed by atoms with van der Waals surface area (Å²) in [6.45, 7) is 3.77. The summed E-state index contributed by atoms with van der Waals surface area (Å²) in [5.74, 6) is 5.28. The summed E-state index contributed by atoms with van der Waals surface area (Å²) in [5, 5.41) is 9.59. The van der Waals surface area contributed by atoms with Crippen LogP contribution in [0.3, 0.4) is 0 Å². The van der Waals surface area contributed by atoms with Crippen molar-refractivity contribution in [2.75, 3.05) is 12.5 Å². The number of benzene rings is 1. The molecule has 0 saturated heterocycles. The predicted molar refractivity (Wildman–Crippen MR) is 74.1 cm³/mol. The topological polar surface area (TPSA) is 67.1 Å². The third kappa shape index (κ3) is 3.49. The highest BCUT2D eigenvalue weighted by Gasteiger charge is 2.07. The van der Waals surface area contributed by atoms with E-state index in [1.165, 1.54) is 22.5 Å². The van der Waals surface area contributed by atoms with Gasteiger partial charge in [-0.25, -0.2) is 5.84 Å². The zero-order valence-corrected chi connectivity index (χ0v) is 11.4. The molecule has 0 aliphatic rings. The Kier molecular flexibility index (Phi) is 4.24. The molecule has 1 aromatic heterocycles. The van der Waals surface area contributed by atoms with E-state index in [-0.39, 0.29) is 0 Å². The van der Waals surface area contributed by atoms with Crippen LogP contribution in [-0.4, -0.2) is 22.1 Å². The maximum Gasteiger partial charge on any atom is 0.219 e. The van der Waals surface area contributed by atoms with Gasteiger partial charge in [0.15, 0.2) is 0 Å². The minimum absolute atomic E-state index is 0.647. The smallest absolute Gasteiger partial charge is 0.219 e. The number of hydrogen-bond acceptors (Lipinski definition) is 6. The van der Waals surface area contributed by atoms with E-state index in [4.69, 9.17) is 5.84 Å². The van der Waals surface area contributed by atoms with Crippen LogP contribution < -0.4 is 11.3 Å². The van der Waals surface area contributed by atoms with Crippen LogP contribution in [-0.2, 0) is 13.1 Å². The first-order valence-corrected chi connectivity index (χ1v) is 6.52. The minimum Gasteiger partial charge on any atom is -0.298 e. The predicted octanol–water partition coefficient (Wildman–Crippen LogP) is 1.76. The monoisotopic (exact) mass is 263 g/mol. The fourth-order valence-corrected chi connectivity index (χ4v) is 2.52. The molecule has 0 radical (unpaired) electrons.